The van der Waals surface area contributed by atoms with Crippen LogP contribution in [0.3, 0.4) is 0 Å². The van der Waals surface area contributed by atoms with Gasteiger partial charge in [0.1, 0.15) is 24.7 Å². The van der Waals surface area contributed by atoms with E-state index in [1.807, 2.05) is 0 Å². The van der Waals surface area contributed by atoms with Crippen molar-refractivity contribution in [3.05, 3.63) is 234 Å². The van der Waals surface area contributed by atoms with Gasteiger partial charge in [0, 0.05) is 89.9 Å². The number of nitrogens with zero attached hydrogens (tertiary/aromatic N) is 8. The molecule has 2 unspecified atom stereocenters. The highest BCUT2D eigenvalue weighted by atomic mass is 32.2. The van der Waals surface area contributed by atoms with Crippen LogP contribution in [0.15, 0.2) is 165 Å². The lowest BCUT2D eigenvalue weighted by atomic mass is 9.99. The third-order valence-electron chi connectivity index (χ3n) is 14.6. The number of likely N-dealkylation sites (N-methyl/N-ethyl adjacent to an activating group) is 2. The highest BCUT2D eigenvalue weighted by Gasteiger charge is 2.33. The number of amides is 2. The van der Waals surface area contributed by atoms with Crippen molar-refractivity contribution in [2.24, 2.45) is 5.89 Å². The van der Waals surface area contributed by atoms with Crippen LogP contribution in [-0.2, 0) is 78.5 Å². The largest absolute Gasteiger partial charge is 0.416 e. The minimum Gasteiger partial charge on any atom is -0.336 e. The molecule has 2 aromatic heterocycles. The SMILES string of the molecule is [2H]c1c([2H])c(C(F)(F)F)c([2H])c([2H])c1-c1c([2H])c([2H])c(C([2H])([2H])N(CCN(C([2H])([2H])C)C([2H])([2H])C)C(=O)Cn2c(SC([2H])([2H])c3ccc(F)cc3)nc(=O)c3c2C([2H])([2H])C([2H])(C)C3([2H])[2H])c([2H])c1[2H].[2H]c1c([2H])c(C([2H])([2H])Sc2nc(=O)c3c(n2CC(=O)N(CCN(C([2H])([2H])C)C([2H])([2H])C)C([2H])(C)c2ccc(-c4ccc(C(F)(F)F)cc4)cc2)CCC3)c([2H])c([2H])c1F. The van der Waals surface area contributed by atoms with Crippen LogP contribution < -0.4 is 11.1 Å². The number of rotatable bonds is 26. The van der Waals surface area contributed by atoms with Crippen molar-refractivity contribution in [3.8, 4) is 22.3 Å². The van der Waals surface area contributed by atoms with Gasteiger partial charge in [-0.05, 0) is 164 Å². The summed E-state index contributed by atoms with van der Waals surface area (Å²) in [5.41, 5.74) is -15.9. The summed E-state index contributed by atoms with van der Waals surface area (Å²) < 4.78 is 385. The molecule has 2 aliphatic rings. The molecule has 8 aromatic rings. The molecule has 0 saturated carbocycles. The Bertz CT molecular complexity index is 5680. The minimum absolute atomic E-state index is 0.0211. The number of thioether (sulfide) groups is 2. The van der Waals surface area contributed by atoms with E-state index in [0.29, 0.717) is 32.7 Å². The molecule has 96 heavy (non-hydrogen) atoms. The van der Waals surface area contributed by atoms with E-state index in [1.165, 1.54) is 35.8 Å². The number of carbonyl (C=O) groups excluding carboxylic acids is 2. The van der Waals surface area contributed by atoms with Crippen molar-refractivity contribution < 1.29 is 88.6 Å². The van der Waals surface area contributed by atoms with Crippen molar-refractivity contribution >= 4 is 35.3 Å². The van der Waals surface area contributed by atoms with E-state index in [9.17, 15) is 58.4 Å². The summed E-state index contributed by atoms with van der Waals surface area (Å²) in [7, 11) is 0. The third kappa shape index (κ3) is 18.8. The van der Waals surface area contributed by atoms with Crippen molar-refractivity contribution in [2.75, 3.05) is 52.2 Å². The Morgan fingerprint density at radius 2 is 1.09 bits per heavy atom. The Kier molecular flexibility index (Phi) is 13.9. The van der Waals surface area contributed by atoms with E-state index >= 15 is 0 Å². The lowest BCUT2D eigenvalue weighted by molar-refractivity contribution is -0.138. The van der Waals surface area contributed by atoms with Crippen LogP contribution in [0.5, 0.6) is 0 Å². The second kappa shape index (κ2) is 32.9. The number of halogens is 8. The van der Waals surface area contributed by atoms with E-state index in [4.69, 9.17) is 39.8 Å². The lowest BCUT2D eigenvalue weighted by Crippen LogP contribution is -2.42. The van der Waals surface area contributed by atoms with E-state index in [0.717, 1.165) is 80.8 Å². The average Bonchev–Trinajstić information content (AvgIpc) is 1.49. The highest BCUT2D eigenvalue weighted by Crippen LogP contribution is 2.35. The summed E-state index contributed by atoms with van der Waals surface area (Å²) in [4.78, 5) is 66.9. The lowest BCUT2D eigenvalue weighted by Gasteiger charge is -2.33. The molecule has 0 bridgehead atoms. The zero-order valence-electron chi connectivity index (χ0n) is 83.8. The normalized spacial score (nSPS) is 22.0. The van der Waals surface area contributed by atoms with Crippen molar-refractivity contribution in [3.63, 3.8) is 0 Å². The third-order valence-corrected chi connectivity index (χ3v) is 16.2. The first-order chi connectivity index (χ1) is 58.1. The molecule has 508 valence electrons. The zero-order valence-corrected chi connectivity index (χ0v) is 53.5. The number of carbonyl (C=O) groups is 2. The fourth-order valence-corrected chi connectivity index (χ4v) is 11.1. The van der Waals surface area contributed by atoms with Crippen LogP contribution in [0, 0.1) is 17.5 Å². The van der Waals surface area contributed by atoms with Crippen LogP contribution in [0.4, 0.5) is 35.1 Å². The minimum atomic E-state index is -5.43. The Labute approximate surface area is 608 Å². The molecule has 2 amide bonds. The Balaban J connectivity index is 0.000000292. The van der Waals surface area contributed by atoms with Crippen LogP contribution in [0.25, 0.3) is 22.3 Å². The first-order valence-corrected chi connectivity index (χ1v) is 30.6. The maximum absolute atomic E-state index is 15.0. The molecule has 0 saturated heterocycles. The molecule has 0 fully saturated rings. The molecule has 0 spiro atoms. The molecule has 12 nitrogen and oxygen atoms in total. The summed E-state index contributed by atoms with van der Waals surface area (Å²) in [6.07, 6.45) is -15.4. The second-order valence-electron chi connectivity index (χ2n) is 20.7. The number of aromatic nitrogens is 4. The Morgan fingerprint density at radius 1 is 0.594 bits per heavy atom. The van der Waals surface area contributed by atoms with Gasteiger partial charge in [-0.15, -0.1) is 0 Å². The topological polar surface area (TPSA) is 117 Å². The van der Waals surface area contributed by atoms with Crippen LogP contribution in [0.1, 0.15) is 154 Å². The number of fused-ring (bicyclic) bond motifs is 2. The molecule has 2 heterocycles. The van der Waals surface area contributed by atoms with Crippen LogP contribution in [-0.4, -0.2) is 103 Å². The van der Waals surface area contributed by atoms with Gasteiger partial charge >= 0.3 is 12.4 Å². The summed E-state index contributed by atoms with van der Waals surface area (Å²) in [5.74, 6) is -7.63. The second-order valence-corrected chi connectivity index (χ2v) is 22.2. The highest BCUT2D eigenvalue weighted by molar-refractivity contribution is 7.98. The Hall–Kier alpha value is -7.92. The first-order valence-electron chi connectivity index (χ1n) is 45.0. The quantitative estimate of drug-likeness (QED) is 0.0295. The predicted octanol–water partition coefficient (Wildman–Crippen LogP) is 15.2. The number of hydrogen-bond donors (Lipinski definition) is 0. The molecule has 10 rings (SSSR count). The van der Waals surface area contributed by atoms with Crippen LogP contribution >= 0.6 is 23.5 Å². The monoisotopic (exact) mass is 1390 g/mol. The number of alkyl halides is 6. The molecule has 0 N–H and O–H groups in total. The average molecular weight is 1390 g/mol. The van der Waals surface area contributed by atoms with Gasteiger partial charge in [-0.25, -0.2) is 8.78 Å². The van der Waals surface area contributed by atoms with E-state index in [-0.39, 0.29) is 63.1 Å². The predicted molar refractivity (Wildman–Crippen MR) is 362 cm³/mol. The van der Waals surface area contributed by atoms with Gasteiger partial charge in [0.2, 0.25) is 11.8 Å². The van der Waals surface area contributed by atoms with E-state index in [1.54, 1.807) is 12.1 Å². The molecule has 6 aromatic carbocycles. The van der Waals surface area contributed by atoms with Gasteiger partial charge in [0.15, 0.2) is 10.3 Å². The van der Waals surface area contributed by atoms with Crippen molar-refractivity contribution in [1.29, 1.82) is 0 Å². The van der Waals surface area contributed by atoms with Gasteiger partial charge in [-0.2, -0.15) is 36.3 Å². The summed E-state index contributed by atoms with van der Waals surface area (Å²) in [5, 5.41) is -1.28. The fraction of sp³-hybridized carbons (Fsp3) is 0.378. The van der Waals surface area contributed by atoms with Gasteiger partial charge in [-0.1, -0.05) is 155 Å². The molecular weight excluding hydrogens is 1280 g/mol. The molecule has 22 heteroatoms. The summed E-state index contributed by atoms with van der Waals surface area (Å²) in [6, 6.07) is -3.71. The molecule has 2 aliphatic carbocycles. The maximum Gasteiger partial charge on any atom is 0.416 e. The first kappa shape index (κ1) is 40.7. The van der Waals surface area contributed by atoms with Crippen molar-refractivity contribution in [2.45, 2.75) is 133 Å². The Morgan fingerprint density at radius 3 is 1.66 bits per heavy atom. The fourth-order valence-electron chi connectivity index (χ4n) is 9.65. The van der Waals surface area contributed by atoms with E-state index in [2.05, 4.69) is 9.97 Å². The van der Waals surface area contributed by atoms with Gasteiger partial charge < -0.3 is 28.7 Å². The smallest absolute Gasteiger partial charge is 0.336 e. The van der Waals surface area contributed by atoms with Gasteiger partial charge in [-0.3, -0.25) is 19.2 Å². The molecule has 2 atom stereocenters. The van der Waals surface area contributed by atoms with Crippen LogP contribution in [0.2, 0.25) is 0 Å². The standard InChI is InChI=1S/2C37H40F4N4O2S/c1-4-43(5-2)18-19-44(22-26-6-10-28(11-7-26)29-12-14-30(15-13-29)37(39,40)41)34(46)23-45-33-21-25(3)20-32(33)35(47)42-36(45)48-24-27-8-16-31(38)17-9-27;1-4-43(5-2)21-22-44(25(3)27-11-13-28(14-12-27)29-15-17-30(18-16-29)37(39,40)41)34(46)23-45-33-8-6-7-32(33)35(47)42-36(45)48-24-26-9-19-31(38)20-10-26/h6-17,25H,4-5,18-24H2,1-3H3;9-20,25H,4-8,21-24H2,1-3H3/i4D2,5D2,6D,7D,10D,11D,12D,13D,14D,15D,20D2,21D2,22D2,24D2,25D;4D2,5D2,9D,10D,19D,20D,24D2,25D. The van der Waals surface area contributed by atoms with E-state index < -0.39 is 277 Å². The summed E-state index contributed by atoms with van der Waals surface area (Å²) >= 11 is 0.231. The van der Waals surface area contributed by atoms with Crippen molar-refractivity contribution in [1.82, 2.24) is 38.7 Å². The summed E-state index contributed by atoms with van der Waals surface area (Å²) in [6.45, 7) is -12.3. The zero-order chi connectivity index (χ0) is 97.3. The number of benzene rings is 6. The molecule has 0 aliphatic heterocycles. The maximum atomic E-state index is 15.0. The molecule has 0 radical (unpaired) electrons. The molecular formula is C74H80F8N8O4S2. The van der Waals surface area contributed by atoms with Gasteiger partial charge in [0.25, 0.3) is 11.1 Å². The van der Waals surface area contributed by atoms with Gasteiger partial charge in [0.05, 0.1) is 37.7 Å². The number of hydrogen-bond acceptors (Lipinski definition) is 10.